The Morgan fingerprint density at radius 2 is 1.84 bits per heavy atom. The van der Waals surface area contributed by atoms with Crippen molar-refractivity contribution in [1.82, 2.24) is 10.2 Å². The van der Waals surface area contributed by atoms with E-state index in [4.69, 9.17) is 0 Å². The number of hydrogen-bond acceptors (Lipinski definition) is 2. The number of hydrogen-bond donors (Lipinski definition) is 1. The molecule has 0 saturated carbocycles. The summed E-state index contributed by atoms with van der Waals surface area (Å²) in [5.74, 6) is -0.805. The van der Waals surface area contributed by atoms with Gasteiger partial charge in [0.25, 0.3) is 0 Å². The molecule has 0 radical (unpaired) electrons. The van der Waals surface area contributed by atoms with E-state index in [9.17, 15) is 14.0 Å². The first-order chi connectivity index (χ1) is 12.1. The Hall–Kier alpha value is -2.69. The van der Waals surface area contributed by atoms with E-state index < -0.39 is 5.92 Å². The molecule has 1 fully saturated rings. The molecule has 1 N–H and O–H groups in total. The van der Waals surface area contributed by atoms with Crippen molar-refractivity contribution in [1.29, 1.82) is 0 Å². The Bertz CT molecular complexity index is 746. The molecule has 1 aliphatic heterocycles. The lowest BCUT2D eigenvalue weighted by Crippen LogP contribution is -2.35. The van der Waals surface area contributed by atoms with Gasteiger partial charge >= 0.3 is 0 Å². The van der Waals surface area contributed by atoms with Crippen molar-refractivity contribution in [3.05, 3.63) is 71.5 Å². The second kappa shape index (κ2) is 7.47. The monoisotopic (exact) mass is 340 g/mol. The van der Waals surface area contributed by atoms with Crippen molar-refractivity contribution < 1.29 is 14.0 Å². The third-order valence-corrected chi connectivity index (χ3v) is 4.69. The Morgan fingerprint density at radius 3 is 2.52 bits per heavy atom. The van der Waals surface area contributed by atoms with Gasteiger partial charge in [0.2, 0.25) is 11.8 Å². The van der Waals surface area contributed by atoms with Crippen LogP contribution in [0.25, 0.3) is 0 Å². The third-order valence-electron chi connectivity index (χ3n) is 4.69. The molecule has 4 nitrogen and oxygen atoms in total. The second-order valence-corrected chi connectivity index (χ2v) is 6.34. The predicted molar refractivity (Wildman–Crippen MR) is 93.2 cm³/mol. The molecule has 0 bridgehead atoms. The predicted octanol–water partition coefficient (Wildman–Crippen LogP) is 2.70. The van der Waals surface area contributed by atoms with Gasteiger partial charge in [0.15, 0.2) is 0 Å². The Kier molecular flexibility index (Phi) is 5.12. The van der Waals surface area contributed by atoms with Gasteiger partial charge in [-0.05, 0) is 29.7 Å². The molecule has 2 aromatic rings. The summed E-state index contributed by atoms with van der Waals surface area (Å²) >= 11 is 0. The highest BCUT2D eigenvalue weighted by atomic mass is 19.1. The fourth-order valence-corrected chi connectivity index (χ4v) is 3.32. The van der Waals surface area contributed by atoms with E-state index in [0.29, 0.717) is 13.0 Å². The van der Waals surface area contributed by atoms with E-state index >= 15 is 0 Å². The number of benzene rings is 2. The minimum atomic E-state index is -0.395. The highest BCUT2D eigenvalue weighted by Crippen LogP contribution is 2.36. The molecular weight excluding hydrogens is 319 g/mol. The Morgan fingerprint density at radius 1 is 1.16 bits per heavy atom. The average molecular weight is 340 g/mol. The van der Waals surface area contributed by atoms with Gasteiger partial charge in [-0.25, -0.2) is 4.39 Å². The number of carbonyl (C=O) groups is 2. The van der Waals surface area contributed by atoms with Gasteiger partial charge in [-0.15, -0.1) is 0 Å². The van der Waals surface area contributed by atoms with E-state index in [1.807, 2.05) is 30.3 Å². The van der Waals surface area contributed by atoms with Crippen LogP contribution in [0, 0.1) is 11.7 Å². The summed E-state index contributed by atoms with van der Waals surface area (Å²) in [7, 11) is 1.74. The molecule has 130 valence electrons. The van der Waals surface area contributed by atoms with Gasteiger partial charge in [0, 0.05) is 20.0 Å². The summed E-state index contributed by atoms with van der Waals surface area (Å²) in [5, 5.41) is 2.92. The Balaban J connectivity index is 1.63. The lowest BCUT2D eigenvalue weighted by atomic mass is 9.93. The van der Waals surface area contributed by atoms with Crippen LogP contribution in [0.4, 0.5) is 4.39 Å². The number of amides is 2. The maximum atomic E-state index is 12.9. The molecule has 5 heteroatoms. The molecule has 0 unspecified atom stereocenters. The summed E-state index contributed by atoms with van der Waals surface area (Å²) in [6, 6.07) is 15.6. The quantitative estimate of drug-likeness (QED) is 0.910. The van der Waals surface area contributed by atoms with Crippen LogP contribution >= 0.6 is 0 Å². The van der Waals surface area contributed by atoms with Crippen LogP contribution in [-0.4, -0.2) is 30.3 Å². The van der Waals surface area contributed by atoms with Gasteiger partial charge in [-0.2, -0.15) is 0 Å². The lowest BCUT2D eigenvalue weighted by Gasteiger charge is -2.24. The van der Waals surface area contributed by atoms with Crippen molar-refractivity contribution >= 4 is 11.8 Å². The molecule has 3 rings (SSSR count). The van der Waals surface area contributed by atoms with E-state index in [1.54, 1.807) is 24.1 Å². The van der Waals surface area contributed by atoms with E-state index in [2.05, 4.69) is 5.32 Å². The first kappa shape index (κ1) is 17.1. The maximum Gasteiger partial charge on any atom is 0.226 e. The van der Waals surface area contributed by atoms with E-state index in [-0.39, 0.29) is 30.1 Å². The van der Waals surface area contributed by atoms with Crippen LogP contribution in [0.2, 0.25) is 0 Å². The zero-order valence-electron chi connectivity index (χ0n) is 14.1. The maximum absolute atomic E-state index is 12.9. The molecule has 1 heterocycles. The molecule has 0 spiro atoms. The van der Waals surface area contributed by atoms with Gasteiger partial charge < -0.3 is 10.2 Å². The van der Waals surface area contributed by atoms with Crippen molar-refractivity contribution in [2.24, 2.45) is 5.92 Å². The average Bonchev–Trinajstić information content (AvgIpc) is 2.92. The largest absolute Gasteiger partial charge is 0.355 e. The third kappa shape index (κ3) is 3.87. The van der Waals surface area contributed by atoms with Crippen LogP contribution in [0.15, 0.2) is 54.6 Å². The Labute approximate surface area is 146 Å². The highest BCUT2D eigenvalue weighted by molar-refractivity contribution is 5.90. The molecule has 0 aromatic heterocycles. The topological polar surface area (TPSA) is 49.4 Å². The molecular formula is C20H21FN2O2. The van der Waals surface area contributed by atoms with E-state index in [0.717, 1.165) is 11.1 Å². The minimum Gasteiger partial charge on any atom is -0.355 e. The van der Waals surface area contributed by atoms with Crippen molar-refractivity contribution in [2.45, 2.75) is 18.9 Å². The molecule has 25 heavy (non-hydrogen) atoms. The number of nitrogens with one attached hydrogen (secondary N) is 1. The molecule has 2 amide bonds. The van der Waals surface area contributed by atoms with Crippen LogP contribution in [0.3, 0.4) is 0 Å². The summed E-state index contributed by atoms with van der Waals surface area (Å²) in [6.07, 6.45) is 0.844. The molecule has 2 aromatic carbocycles. The fraction of sp³-hybridized carbons (Fsp3) is 0.300. The van der Waals surface area contributed by atoms with Crippen molar-refractivity contribution in [3.63, 3.8) is 0 Å². The number of likely N-dealkylation sites (tertiary alicyclic amines) is 1. The SMILES string of the molecule is CN1C(=O)C[C@@H](C(=O)NCCc2ccc(F)cc2)[C@@H]1c1ccccc1. The molecule has 1 aliphatic rings. The zero-order chi connectivity index (χ0) is 17.8. The molecule has 2 atom stereocenters. The van der Waals surface area contributed by atoms with Crippen LogP contribution in [0.1, 0.15) is 23.6 Å². The van der Waals surface area contributed by atoms with Gasteiger partial charge in [-0.3, -0.25) is 9.59 Å². The fourth-order valence-electron chi connectivity index (χ4n) is 3.32. The first-order valence-corrected chi connectivity index (χ1v) is 8.39. The van der Waals surface area contributed by atoms with Crippen LogP contribution in [0.5, 0.6) is 0 Å². The number of rotatable bonds is 5. The first-order valence-electron chi connectivity index (χ1n) is 8.39. The lowest BCUT2D eigenvalue weighted by molar-refractivity contribution is -0.128. The van der Waals surface area contributed by atoms with Gasteiger partial charge in [-0.1, -0.05) is 42.5 Å². The van der Waals surface area contributed by atoms with Crippen molar-refractivity contribution in [3.8, 4) is 0 Å². The molecule has 0 aliphatic carbocycles. The molecule has 1 saturated heterocycles. The second-order valence-electron chi connectivity index (χ2n) is 6.34. The van der Waals surface area contributed by atoms with E-state index in [1.165, 1.54) is 12.1 Å². The van der Waals surface area contributed by atoms with Gasteiger partial charge in [0.1, 0.15) is 5.82 Å². The highest BCUT2D eigenvalue weighted by Gasteiger charge is 2.42. The standard InChI is InChI=1S/C20H21FN2O2/c1-23-18(24)13-17(19(23)15-5-3-2-4-6-15)20(25)22-12-11-14-7-9-16(21)10-8-14/h2-10,17,19H,11-13H2,1H3,(H,22,25)/t17-,19+/m1/s1. The number of halogens is 1. The van der Waals surface area contributed by atoms with Crippen LogP contribution < -0.4 is 5.32 Å². The summed E-state index contributed by atoms with van der Waals surface area (Å²) < 4.78 is 12.9. The number of carbonyl (C=O) groups excluding carboxylic acids is 2. The summed E-state index contributed by atoms with van der Waals surface area (Å²) in [6.45, 7) is 0.459. The van der Waals surface area contributed by atoms with Gasteiger partial charge in [0.05, 0.1) is 12.0 Å². The summed E-state index contributed by atoms with van der Waals surface area (Å²) in [4.78, 5) is 26.4. The number of nitrogens with zero attached hydrogens (tertiary/aromatic N) is 1. The minimum absolute atomic E-state index is 0.0208. The summed E-state index contributed by atoms with van der Waals surface area (Å²) in [5.41, 5.74) is 1.93. The normalized spacial score (nSPS) is 19.9. The van der Waals surface area contributed by atoms with Crippen LogP contribution in [-0.2, 0) is 16.0 Å². The van der Waals surface area contributed by atoms with Crippen molar-refractivity contribution in [2.75, 3.05) is 13.6 Å². The zero-order valence-corrected chi connectivity index (χ0v) is 14.1. The smallest absolute Gasteiger partial charge is 0.226 e.